The van der Waals surface area contributed by atoms with Crippen LogP contribution in [-0.2, 0) is 6.42 Å². The molecule has 2 nitrogen and oxygen atoms in total. The Morgan fingerprint density at radius 3 is 2.54 bits per heavy atom. The van der Waals surface area contributed by atoms with Crippen LogP contribution in [0.5, 0.6) is 0 Å². The zero-order valence-corrected chi connectivity index (χ0v) is 15.6. The first-order chi connectivity index (χ1) is 12.6. The van der Waals surface area contributed by atoms with E-state index in [1.165, 1.54) is 24.5 Å². The number of halogens is 2. The molecular weight excluding hydrogens is 347 g/mol. The highest BCUT2D eigenvalue weighted by molar-refractivity contribution is 6.30. The minimum atomic E-state index is -0.403. The van der Waals surface area contributed by atoms with Crippen molar-refractivity contribution in [1.29, 1.82) is 0 Å². The molecule has 1 heterocycles. The molecule has 0 saturated carbocycles. The van der Waals surface area contributed by atoms with Crippen molar-refractivity contribution in [2.75, 3.05) is 25.4 Å². The summed E-state index contributed by atoms with van der Waals surface area (Å²) in [4.78, 5) is 2.47. The molecular formula is C22H24ClFN2. The Labute approximate surface area is 160 Å². The van der Waals surface area contributed by atoms with Crippen LogP contribution >= 0.6 is 11.6 Å². The maximum absolute atomic E-state index is 13.4. The predicted molar refractivity (Wildman–Crippen MR) is 107 cm³/mol. The van der Waals surface area contributed by atoms with Gasteiger partial charge in [0, 0.05) is 23.6 Å². The van der Waals surface area contributed by atoms with Crippen LogP contribution in [-0.4, -0.2) is 24.5 Å². The molecule has 3 rings (SSSR count). The van der Waals surface area contributed by atoms with Gasteiger partial charge < -0.3 is 10.6 Å². The molecule has 0 radical (unpaired) electrons. The van der Waals surface area contributed by atoms with Crippen LogP contribution in [0.4, 0.5) is 10.1 Å². The normalized spacial score (nSPS) is 15.5. The maximum atomic E-state index is 13.4. The standard InChI is InChI=1S/C22H24ClFN2/c23-20-7-4-18(5-8-20)15-19-10-13-26(14-11-19)12-2-1-3-17-6-9-22(25)21(24)16-17/h4-9,16,19H,2,10-15,25H2. The molecule has 0 atom stereocenters. The number of nitrogen functional groups attached to an aromatic ring is 1. The second-order valence-corrected chi connectivity index (χ2v) is 7.34. The summed E-state index contributed by atoms with van der Waals surface area (Å²) in [5.74, 6) is 6.50. The first-order valence-corrected chi connectivity index (χ1v) is 9.48. The molecule has 1 saturated heterocycles. The number of nitrogens with zero attached hydrogens (tertiary/aromatic N) is 1. The summed E-state index contributed by atoms with van der Waals surface area (Å²) in [7, 11) is 0. The van der Waals surface area contributed by atoms with Crippen LogP contribution in [0.2, 0.25) is 5.02 Å². The van der Waals surface area contributed by atoms with Crippen molar-refractivity contribution in [1.82, 2.24) is 4.90 Å². The molecule has 1 aliphatic rings. The number of piperidine rings is 1. The highest BCUT2D eigenvalue weighted by Gasteiger charge is 2.18. The summed E-state index contributed by atoms with van der Waals surface area (Å²) in [5.41, 5.74) is 7.68. The van der Waals surface area contributed by atoms with E-state index in [9.17, 15) is 4.39 Å². The Kier molecular flexibility index (Phi) is 6.55. The number of nitrogens with two attached hydrogens (primary N) is 1. The van der Waals surface area contributed by atoms with Gasteiger partial charge >= 0.3 is 0 Å². The van der Waals surface area contributed by atoms with Gasteiger partial charge in [0.2, 0.25) is 0 Å². The molecule has 4 heteroatoms. The van der Waals surface area contributed by atoms with Gasteiger partial charge in [0.05, 0.1) is 5.69 Å². The molecule has 0 bridgehead atoms. The van der Waals surface area contributed by atoms with Crippen molar-refractivity contribution >= 4 is 17.3 Å². The Morgan fingerprint density at radius 2 is 1.85 bits per heavy atom. The van der Waals surface area contributed by atoms with Gasteiger partial charge in [-0.05, 0) is 74.2 Å². The average Bonchev–Trinajstić information content (AvgIpc) is 2.65. The van der Waals surface area contributed by atoms with E-state index < -0.39 is 5.82 Å². The molecule has 2 aromatic rings. The molecule has 2 aromatic carbocycles. The Balaban J connectivity index is 1.39. The van der Waals surface area contributed by atoms with Crippen molar-refractivity contribution in [3.63, 3.8) is 0 Å². The van der Waals surface area contributed by atoms with Gasteiger partial charge in [-0.15, -0.1) is 0 Å². The fourth-order valence-electron chi connectivity index (χ4n) is 3.35. The van der Waals surface area contributed by atoms with Gasteiger partial charge in [-0.2, -0.15) is 0 Å². The second kappa shape index (κ2) is 9.07. The zero-order chi connectivity index (χ0) is 18.4. The molecule has 0 spiro atoms. The first kappa shape index (κ1) is 18.8. The third kappa shape index (κ3) is 5.49. The summed E-state index contributed by atoms with van der Waals surface area (Å²) in [6.45, 7) is 3.21. The fourth-order valence-corrected chi connectivity index (χ4v) is 3.48. The summed E-state index contributed by atoms with van der Waals surface area (Å²) < 4.78 is 13.4. The molecule has 1 aliphatic heterocycles. The Hall–Kier alpha value is -2.02. The van der Waals surface area contributed by atoms with E-state index in [-0.39, 0.29) is 5.69 Å². The molecule has 2 N–H and O–H groups in total. The second-order valence-electron chi connectivity index (χ2n) is 6.90. The van der Waals surface area contributed by atoms with Crippen LogP contribution in [0.3, 0.4) is 0 Å². The number of anilines is 1. The van der Waals surface area contributed by atoms with E-state index in [0.717, 1.165) is 43.4 Å². The molecule has 1 fully saturated rings. The van der Waals surface area contributed by atoms with Crippen LogP contribution in [0, 0.1) is 23.6 Å². The molecule has 136 valence electrons. The number of benzene rings is 2. The minimum Gasteiger partial charge on any atom is -0.396 e. The van der Waals surface area contributed by atoms with Crippen LogP contribution < -0.4 is 5.73 Å². The third-order valence-corrected chi connectivity index (χ3v) is 5.18. The Bertz CT molecular complexity index is 784. The van der Waals surface area contributed by atoms with E-state index in [0.29, 0.717) is 5.56 Å². The highest BCUT2D eigenvalue weighted by Crippen LogP contribution is 2.22. The minimum absolute atomic E-state index is 0.164. The predicted octanol–water partition coefficient (Wildman–Crippen LogP) is 4.76. The van der Waals surface area contributed by atoms with E-state index in [2.05, 4.69) is 28.9 Å². The number of likely N-dealkylation sites (tertiary alicyclic amines) is 1. The number of hydrogen-bond acceptors (Lipinski definition) is 2. The van der Waals surface area contributed by atoms with Crippen molar-refractivity contribution < 1.29 is 4.39 Å². The van der Waals surface area contributed by atoms with Gasteiger partial charge in [-0.1, -0.05) is 35.6 Å². The van der Waals surface area contributed by atoms with Gasteiger partial charge in [0.15, 0.2) is 0 Å². The van der Waals surface area contributed by atoms with E-state index in [1.54, 1.807) is 12.1 Å². The highest BCUT2D eigenvalue weighted by atomic mass is 35.5. The number of hydrogen-bond donors (Lipinski definition) is 1. The Morgan fingerprint density at radius 1 is 1.12 bits per heavy atom. The van der Waals surface area contributed by atoms with Crippen LogP contribution in [0.15, 0.2) is 42.5 Å². The summed E-state index contributed by atoms with van der Waals surface area (Å²) in [6.07, 6.45) is 4.37. The van der Waals surface area contributed by atoms with Crippen molar-refractivity contribution in [2.24, 2.45) is 5.92 Å². The lowest BCUT2D eigenvalue weighted by Crippen LogP contribution is -2.34. The smallest absolute Gasteiger partial charge is 0.147 e. The van der Waals surface area contributed by atoms with E-state index in [4.69, 9.17) is 17.3 Å². The molecule has 26 heavy (non-hydrogen) atoms. The van der Waals surface area contributed by atoms with Crippen molar-refractivity contribution in [3.05, 3.63) is 64.4 Å². The largest absolute Gasteiger partial charge is 0.396 e. The zero-order valence-electron chi connectivity index (χ0n) is 14.8. The topological polar surface area (TPSA) is 29.3 Å². The summed E-state index contributed by atoms with van der Waals surface area (Å²) in [6, 6.07) is 12.9. The first-order valence-electron chi connectivity index (χ1n) is 9.11. The monoisotopic (exact) mass is 370 g/mol. The molecule has 0 amide bonds. The van der Waals surface area contributed by atoms with Crippen LogP contribution in [0.1, 0.15) is 30.4 Å². The maximum Gasteiger partial charge on any atom is 0.147 e. The van der Waals surface area contributed by atoms with Crippen LogP contribution in [0.25, 0.3) is 0 Å². The molecule has 0 unspecified atom stereocenters. The van der Waals surface area contributed by atoms with Crippen molar-refractivity contribution in [2.45, 2.75) is 25.7 Å². The number of rotatable bonds is 4. The van der Waals surface area contributed by atoms with Gasteiger partial charge in [0.25, 0.3) is 0 Å². The lowest BCUT2D eigenvalue weighted by Gasteiger charge is -2.31. The quantitative estimate of drug-likeness (QED) is 0.621. The SMILES string of the molecule is Nc1ccc(C#CCCN2CCC(Cc3ccc(Cl)cc3)CC2)cc1F. The van der Waals surface area contributed by atoms with E-state index >= 15 is 0 Å². The van der Waals surface area contributed by atoms with Gasteiger partial charge in [0.1, 0.15) is 5.82 Å². The molecule has 0 aliphatic carbocycles. The van der Waals surface area contributed by atoms with Gasteiger partial charge in [-0.3, -0.25) is 0 Å². The fraction of sp³-hybridized carbons (Fsp3) is 0.364. The lowest BCUT2D eigenvalue weighted by atomic mass is 9.90. The van der Waals surface area contributed by atoms with Gasteiger partial charge in [-0.25, -0.2) is 4.39 Å². The lowest BCUT2D eigenvalue weighted by molar-refractivity contribution is 0.187. The molecule has 0 aromatic heterocycles. The van der Waals surface area contributed by atoms with E-state index in [1.807, 2.05) is 12.1 Å². The third-order valence-electron chi connectivity index (χ3n) is 4.93. The van der Waals surface area contributed by atoms with Crippen molar-refractivity contribution in [3.8, 4) is 11.8 Å². The average molecular weight is 371 g/mol. The summed E-state index contributed by atoms with van der Waals surface area (Å²) >= 11 is 5.95. The summed E-state index contributed by atoms with van der Waals surface area (Å²) in [5, 5.41) is 0.798.